The zero-order valence-electron chi connectivity index (χ0n) is 13.6. The lowest BCUT2D eigenvalue weighted by molar-refractivity contribution is 0.225. The van der Waals surface area contributed by atoms with Gasteiger partial charge in [0.25, 0.3) is 0 Å². The maximum absolute atomic E-state index is 3.70. The van der Waals surface area contributed by atoms with E-state index in [9.17, 15) is 0 Å². The monoisotopic (exact) mass is 286 g/mol. The van der Waals surface area contributed by atoms with E-state index < -0.39 is 0 Å². The van der Waals surface area contributed by atoms with E-state index >= 15 is 0 Å². The topological polar surface area (TPSA) is 15.3 Å². The summed E-state index contributed by atoms with van der Waals surface area (Å²) in [6, 6.07) is 10.6. The van der Waals surface area contributed by atoms with Crippen molar-refractivity contribution in [3.63, 3.8) is 0 Å². The summed E-state index contributed by atoms with van der Waals surface area (Å²) in [4.78, 5) is 2.76. The van der Waals surface area contributed by atoms with Gasteiger partial charge in [-0.05, 0) is 55.7 Å². The Kier molecular flexibility index (Phi) is 4.97. The molecule has 0 radical (unpaired) electrons. The Morgan fingerprint density at radius 2 is 1.81 bits per heavy atom. The first-order chi connectivity index (χ1) is 10.3. The smallest absolute Gasteiger partial charge is 0.0449 e. The summed E-state index contributed by atoms with van der Waals surface area (Å²) in [6.45, 7) is 8.00. The molecule has 1 aromatic rings. The minimum Gasteiger partial charge on any atom is -0.309 e. The third kappa shape index (κ3) is 4.31. The van der Waals surface area contributed by atoms with E-state index in [0.717, 1.165) is 24.9 Å². The Hall–Kier alpha value is -0.860. The maximum Gasteiger partial charge on any atom is 0.0449 e. The Balaban J connectivity index is 1.66. The Bertz CT molecular complexity index is 431. The molecule has 0 heterocycles. The molecule has 21 heavy (non-hydrogen) atoms. The van der Waals surface area contributed by atoms with Crippen molar-refractivity contribution in [1.82, 2.24) is 10.2 Å². The molecular formula is C19H30N2. The second kappa shape index (κ2) is 6.93. The second-order valence-electron chi connectivity index (χ2n) is 6.83. The van der Waals surface area contributed by atoms with Gasteiger partial charge in [0.15, 0.2) is 0 Å². The van der Waals surface area contributed by atoms with Crippen molar-refractivity contribution in [1.29, 1.82) is 0 Å². The molecule has 3 rings (SSSR count). The van der Waals surface area contributed by atoms with Crippen LogP contribution >= 0.6 is 0 Å². The SMILES string of the molecule is CCNC(CN(CC1CC1)C1CC1)c1ccc(CC)cc1. The largest absolute Gasteiger partial charge is 0.309 e. The summed E-state index contributed by atoms with van der Waals surface area (Å²) in [7, 11) is 0. The minimum absolute atomic E-state index is 0.486. The molecule has 0 spiro atoms. The molecule has 1 atom stereocenters. The molecule has 0 amide bonds. The van der Waals surface area contributed by atoms with Crippen LogP contribution in [0.5, 0.6) is 0 Å². The highest BCUT2D eigenvalue weighted by molar-refractivity contribution is 5.25. The van der Waals surface area contributed by atoms with Crippen molar-refractivity contribution in [2.24, 2.45) is 5.92 Å². The molecule has 1 N–H and O–H groups in total. The summed E-state index contributed by atoms with van der Waals surface area (Å²) in [5.74, 6) is 0.996. The number of likely N-dealkylation sites (N-methyl/N-ethyl adjacent to an activating group) is 1. The first-order valence-electron chi connectivity index (χ1n) is 8.86. The predicted octanol–water partition coefficient (Wildman–Crippen LogP) is 3.77. The van der Waals surface area contributed by atoms with E-state index in [1.807, 2.05) is 0 Å². The lowest BCUT2D eigenvalue weighted by Gasteiger charge is -2.28. The summed E-state index contributed by atoms with van der Waals surface area (Å²) < 4.78 is 0. The van der Waals surface area contributed by atoms with E-state index in [2.05, 4.69) is 48.3 Å². The molecular weight excluding hydrogens is 256 g/mol. The predicted molar refractivity (Wildman–Crippen MR) is 89.6 cm³/mol. The van der Waals surface area contributed by atoms with Crippen molar-refractivity contribution in [2.75, 3.05) is 19.6 Å². The molecule has 2 heteroatoms. The number of hydrogen-bond acceptors (Lipinski definition) is 2. The third-order valence-corrected chi connectivity index (χ3v) is 4.91. The fourth-order valence-corrected chi connectivity index (χ4v) is 3.20. The molecule has 0 aromatic heterocycles. The molecule has 2 aliphatic rings. The second-order valence-corrected chi connectivity index (χ2v) is 6.83. The molecule has 2 nitrogen and oxygen atoms in total. The van der Waals surface area contributed by atoms with Crippen molar-refractivity contribution in [3.8, 4) is 0 Å². The first kappa shape index (κ1) is 15.1. The molecule has 0 aliphatic heterocycles. The zero-order valence-corrected chi connectivity index (χ0v) is 13.6. The molecule has 0 bridgehead atoms. The zero-order chi connectivity index (χ0) is 14.7. The van der Waals surface area contributed by atoms with E-state index in [1.165, 1.54) is 49.9 Å². The number of aryl methyl sites for hydroxylation is 1. The molecule has 1 aromatic carbocycles. The van der Waals surface area contributed by atoms with Gasteiger partial charge in [-0.15, -0.1) is 0 Å². The number of benzene rings is 1. The van der Waals surface area contributed by atoms with Gasteiger partial charge in [0, 0.05) is 25.2 Å². The lowest BCUT2D eigenvalue weighted by Crippen LogP contribution is -2.37. The normalized spacial score (nSPS) is 20.0. The van der Waals surface area contributed by atoms with Crippen molar-refractivity contribution in [2.45, 2.75) is 58.0 Å². The average Bonchev–Trinajstić information content (AvgIpc) is 3.39. The van der Waals surface area contributed by atoms with Crippen LogP contribution in [0.1, 0.15) is 56.7 Å². The van der Waals surface area contributed by atoms with Crippen LogP contribution < -0.4 is 5.32 Å². The van der Waals surface area contributed by atoms with Crippen LogP contribution in [0.25, 0.3) is 0 Å². The Labute approximate surface area is 129 Å². The molecule has 116 valence electrons. The summed E-state index contributed by atoms with van der Waals surface area (Å²) in [5, 5.41) is 3.70. The summed E-state index contributed by atoms with van der Waals surface area (Å²) in [6.07, 6.45) is 6.88. The minimum atomic E-state index is 0.486. The quantitative estimate of drug-likeness (QED) is 0.743. The maximum atomic E-state index is 3.70. The number of hydrogen-bond donors (Lipinski definition) is 1. The van der Waals surface area contributed by atoms with Crippen LogP contribution in [-0.4, -0.2) is 30.6 Å². The highest BCUT2D eigenvalue weighted by Gasteiger charge is 2.34. The van der Waals surface area contributed by atoms with Crippen molar-refractivity contribution in [3.05, 3.63) is 35.4 Å². The fraction of sp³-hybridized carbons (Fsp3) is 0.684. The highest BCUT2D eigenvalue weighted by Crippen LogP contribution is 2.35. The van der Waals surface area contributed by atoms with Crippen LogP contribution in [-0.2, 0) is 6.42 Å². The van der Waals surface area contributed by atoms with Gasteiger partial charge in [-0.25, -0.2) is 0 Å². The number of nitrogens with zero attached hydrogens (tertiary/aromatic N) is 1. The van der Waals surface area contributed by atoms with Crippen LogP contribution in [0.15, 0.2) is 24.3 Å². The van der Waals surface area contributed by atoms with E-state index in [1.54, 1.807) is 0 Å². The third-order valence-electron chi connectivity index (χ3n) is 4.91. The molecule has 2 fully saturated rings. The number of rotatable bonds is 9. The van der Waals surface area contributed by atoms with Gasteiger partial charge in [0.05, 0.1) is 0 Å². The van der Waals surface area contributed by atoms with Gasteiger partial charge in [-0.1, -0.05) is 38.1 Å². The van der Waals surface area contributed by atoms with Gasteiger partial charge >= 0.3 is 0 Å². The highest BCUT2D eigenvalue weighted by atomic mass is 15.2. The van der Waals surface area contributed by atoms with E-state index in [4.69, 9.17) is 0 Å². The van der Waals surface area contributed by atoms with Crippen molar-refractivity contribution >= 4 is 0 Å². The fourth-order valence-electron chi connectivity index (χ4n) is 3.20. The number of nitrogens with one attached hydrogen (secondary N) is 1. The van der Waals surface area contributed by atoms with Crippen LogP contribution in [0.2, 0.25) is 0 Å². The molecule has 0 saturated heterocycles. The van der Waals surface area contributed by atoms with Gasteiger partial charge in [0.1, 0.15) is 0 Å². The molecule has 2 aliphatic carbocycles. The molecule has 2 saturated carbocycles. The summed E-state index contributed by atoms with van der Waals surface area (Å²) >= 11 is 0. The van der Waals surface area contributed by atoms with Gasteiger partial charge in [0.2, 0.25) is 0 Å². The van der Waals surface area contributed by atoms with E-state index in [-0.39, 0.29) is 0 Å². The first-order valence-corrected chi connectivity index (χ1v) is 8.86. The van der Waals surface area contributed by atoms with Crippen LogP contribution in [0, 0.1) is 5.92 Å². The Morgan fingerprint density at radius 3 is 2.33 bits per heavy atom. The van der Waals surface area contributed by atoms with Gasteiger partial charge < -0.3 is 5.32 Å². The standard InChI is InChI=1S/C19H30N2/c1-3-15-7-9-17(10-8-15)19(20-4-2)14-21(18-11-12-18)13-16-5-6-16/h7-10,16,18-20H,3-6,11-14H2,1-2H3. The van der Waals surface area contributed by atoms with Crippen LogP contribution in [0.3, 0.4) is 0 Å². The summed E-state index contributed by atoms with van der Waals surface area (Å²) in [5.41, 5.74) is 2.89. The van der Waals surface area contributed by atoms with E-state index in [0.29, 0.717) is 6.04 Å². The van der Waals surface area contributed by atoms with Crippen molar-refractivity contribution < 1.29 is 0 Å². The lowest BCUT2D eigenvalue weighted by atomic mass is 10.0. The molecule has 1 unspecified atom stereocenters. The average molecular weight is 286 g/mol. The van der Waals surface area contributed by atoms with Gasteiger partial charge in [-0.3, -0.25) is 4.90 Å². The van der Waals surface area contributed by atoms with Gasteiger partial charge in [-0.2, -0.15) is 0 Å². The van der Waals surface area contributed by atoms with Crippen LogP contribution in [0.4, 0.5) is 0 Å². The Morgan fingerprint density at radius 1 is 1.10 bits per heavy atom.